The summed E-state index contributed by atoms with van der Waals surface area (Å²) >= 11 is 1.34. The molecule has 0 saturated carbocycles. The van der Waals surface area contributed by atoms with Gasteiger partial charge in [-0.15, -0.1) is 0 Å². The van der Waals surface area contributed by atoms with E-state index >= 15 is 0 Å². The highest BCUT2D eigenvalue weighted by molar-refractivity contribution is 7.98. The predicted octanol–water partition coefficient (Wildman–Crippen LogP) is 4.02. The molecule has 1 aliphatic heterocycles. The molecule has 0 fully saturated rings. The predicted molar refractivity (Wildman–Crippen MR) is 80.2 cm³/mol. The summed E-state index contributed by atoms with van der Waals surface area (Å²) in [6, 6.07) is 0. The average molecular weight is 266 g/mol. The zero-order valence-electron chi connectivity index (χ0n) is 11.8. The summed E-state index contributed by atoms with van der Waals surface area (Å²) in [7, 11) is 0. The normalized spacial score (nSPS) is 23.4. The summed E-state index contributed by atoms with van der Waals surface area (Å²) in [6.07, 6.45) is 7.24. The van der Waals surface area contributed by atoms with Gasteiger partial charge in [0.05, 0.1) is 10.5 Å². The zero-order chi connectivity index (χ0) is 13.8. The van der Waals surface area contributed by atoms with Crippen LogP contribution in [0, 0.1) is 5.41 Å². The van der Waals surface area contributed by atoms with Gasteiger partial charge in [-0.2, -0.15) is 5.10 Å². The van der Waals surface area contributed by atoms with Gasteiger partial charge in [0.25, 0.3) is 0 Å². The number of hydrogen-bond acceptors (Lipinski definition) is 4. The van der Waals surface area contributed by atoms with Gasteiger partial charge in [0.2, 0.25) is 0 Å². The molecule has 0 spiro atoms. The maximum absolute atomic E-state index is 5.96. The van der Waals surface area contributed by atoms with Gasteiger partial charge >= 0.3 is 0 Å². The fourth-order valence-electron chi connectivity index (χ4n) is 0.868. The number of rotatable bonds is 3. The highest BCUT2D eigenvalue weighted by Crippen LogP contribution is 2.39. The molecule has 1 heterocycles. The van der Waals surface area contributed by atoms with Gasteiger partial charge in [0.15, 0.2) is 0 Å². The van der Waals surface area contributed by atoms with E-state index in [4.69, 9.17) is 4.18 Å². The quantitative estimate of drug-likeness (QED) is 0.783. The fourth-order valence-corrected chi connectivity index (χ4v) is 1.69. The molecule has 1 aliphatic rings. The van der Waals surface area contributed by atoms with E-state index in [1.807, 2.05) is 12.2 Å². The Hall–Kier alpha value is -1.00. The molecule has 0 unspecified atom stereocenters. The average Bonchev–Trinajstić information content (AvgIpc) is 2.21. The van der Waals surface area contributed by atoms with Crippen LogP contribution < -0.4 is 5.43 Å². The van der Waals surface area contributed by atoms with Crippen molar-refractivity contribution < 1.29 is 4.18 Å². The van der Waals surface area contributed by atoms with E-state index in [9.17, 15) is 0 Å². The van der Waals surface area contributed by atoms with Gasteiger partial charge in [-0.05, 0) is 30.9 Å². The van der Waals surface area contributed by atoms with Crippen molar-refractivity contribution >= 4 is 18.3 Å². The molecule has 1 rings (SSSR count). The largest absolute Gasteiger partial charge is 0.304 e. The summed E-state index contributed by atoms with van der Waals surface area (Å²) in [6.45, 7) is 14.7. The minimum atomic E-state index is -0.242. The van der Waals surface area contributed by atoms with Crippen molar-refractivity contribution in [2.75, 3.05) is 0 Å². The van der Waals surface area contributed by atoms with Crippen LogP contribution in [0.2, 0.25) is 0 Å². The lowest BCUT2D eigenvalue weighted by Crippen LogP contribution is -2.37. The second kappa shape index (κ2) is 5.76. The first-order valence-electron chi connectivity index (χ1n) is 5.94. The Morgan fingerprint density at radius 1 is 1.28 bits per heavy atom. The Morgan fingerprint density at radius 2 is 1.94 bits per heavy atom. The minimum absolute atomic E-state index is 0.0604. The van der Waals surface area contributed by atoms with Crippen LogP contribution in [-0.2, 0) is 4.18 Å². The molecule has 1 N–H and O–H groups in total. The van der Waals surface area contributed by atoms with Gasteiger partial charge in [-0.25, -0.2) is 0 Å². The molecular weight excluding hydrogens is 244 g/mol. The van der Waals surface area contributed by atoms with Gasteiger partial charge in [-0.1, -0.05) is 33.4 Å². The van der Waals surface area contributed by atoms with Crippen molar-refractivity contribution in [2.45, 2.75) is 40.2 Å². The minimum Gasteiger partial charge on any atom is -0.304 e. The van der Waals surface area contributed by atoms with Crippen molar-refractivity contribution in [3.63, 3.8) is 0 Å². The lowest BCUT2D eigenvalue weighted by Gasteiger charge is -2.37. The highest BCUT2D eigenvalue weighted by Gasteiger charge is 2.34. The van der Waals surface area contributed by atoms with Crippen LogP contribution in [0.3, 0.4) is 0 Å². The van der Waals surface area contributed by atoms with E-state index < -0.39 is 0 Å². The second-order valence-corrected chi connectivity index (χ2v) is 6.50. The van der Waals surface area contributed by atoms with Gasteiger partial charge in [0.1, 0.15) is 0 Å². The van der Waals surface area contributed by atoms with E-state index in [-0.39, 0.29) is 11.0 Å². The van der Waals surface area contributed by atoms with E-state index in [0.717, 1.165) is 10.5 Å². The lowest BCUT2D eigenvalue weighted by atomic mass is 9.79. The molecule has 0 amide bonds. The zero-order valence-corrected chi connectivity index (χ0v) is 12.6. The third-order valence-electron chi connectivity index (χ3n) is 3.19. The Balaban J connectivity index is 2.71. The van der Waals surface area contributed by atoms with Crippen LogP contribution in [0.25, 0.3) is 0 Å². The Kier molecular flexibility index (Phi) is 4.82. The Morgan fingerprint density at radius 3 is 2.56 bits per heavy atom. The molecule has 3 nitrogen and oxygen atoms in total. The maximum Gasteiger partial charge on any atom is 0.0825 e. The van der Waals surface area contributed by atoms with Crippen molar-refractivity contribution in [1.29, 1.82) is 0 Å². The number of hydrazone groups is 1. The van der Waals surface area contributed by atoms with E-state index in [2.05, 4.69) is 51.7 Å². The summed E-state index contributed by atoms with van der Waals surface area (Å²) in [5.41, 5.74) is 3.56. The Labute approximate surface area is 114 Å². The number of nitrogens with one attached hydrogen (secondary N) is 1. The van der Waals surface area contributed by atoms with Crippen LogP contribution in [0.5, 0.6) is 0 Å². The standard InChI is InChI=1S/C14H22N2OS/c1-11-8-7-9-15-16-10-12(11)18-17-14(5,6)13(2,3)4/h7-10,16H,1H2,2-6H3/b8-7-,12-10+,15-9-. The number of allylic oxidation sites excluding steroid dienone is 3. The molecule has 0 bridgehead atoms. The van der Waals surface area contributed by atoms with E-state index in [0.29, 0.717) is 0 Å². The van der Waals surface area contributed by atoms with Crippen molar-refractivity contribution in [3.8, 4) is 0 Å². The van der Waals surface area contributed by atoms with Crippen molar-refractivity contribution in [1.82, 2.24) is 5.43 Å². The molecule has 0 aromatic rings. The maximum atomic E-state index is 5.96. The summed E-state index contributed by atoms with van der Waals surface area (Å²) in [5, 5.41) is 3.96. The van der Waals surface area contributed by atoms with E-state index in [1.54, 1.807) is 12.4 Å². The SMILES string of the molecule is C=C1/C=C\C=N/N/C=C\1SOC(C)(C)C(C)(C)C. The van der Waals surface area contributed by atoms with Crippen LogP contribution in [0.1, 0.15) is 34.6 Å². The van der Waals surface area contributed by atoms with Crippen LogP contribution >= 0.6 is 12.0 Å². The number of nitrogens with zero attached hydrogens (tertiary/aromatic N) is 1. The molecule has 0 aromatic carbocycles. The summed E-state index contributed by atoms with van der Waals surface area (Å²) in [5.74, 6) is 0. The smallest absolute Gasteiger partial charge is 0.0825 e. The molecule has 0 aromatic heterocycles. The first kappa shape index (κ1) is 15.1. The van der Waals surface area contributed by atoms with Gasteiger partial charge < -0.3 is 4.18 Å². The second-order valence-electron chi connectivity index (χ2n) is 5.73. The molecule has 100 valence electrons. The van der Waals surface area contributed by atoms with Crippen LogP contribution in [0.15, 0.2) is 40.5 Å². The van der Waals surface area contributed by atoms with Crippen LogP contribution in [-0.4, -0.2) is 11.8 Å². The highest BCUT2D eigenvalue weighted by atomic mass is 32.2. The summed E-state index contributed by atoms with van der Waals surface area (Å²) in [4.78, 5) is 0.931. The molecule has 0 radical (unpaired) electrons. The third kappa shape index (κ3) is 4.03. The molecular formula is C14H22N2OS. The lowest BCUT2D eigenvalue weighted by molar-refractivity contribution is 0.0202. The topological polar surface area (TPSA) is 33.6 Å². The fraction of sp³-hybridized carbons (Fsp3) is 0.500. The van der Waals surface area contributed by atoms with Crippen LogP contribution in [0.4, 0.5) is 0 Å². The van der Waals surface area contributed by atoms with Crippen molar-refractivity contribution in [3.05, 3.63) is 35.4 Å². The summed E-state index contributed by atoms with van der Waals surface area (Å²) < 4.78 is 5.96. The van der Waals surface area contributed by atoms with Gasteiger partial charge in [-0.3, -0.25) is 5.43 Å². The molecule has 4 heteroatoms. The molecule has 18 heavy (non-hydrogen) atoms. The monoisotopic (exact) mass is 266 g/mol. The first-order valence-corrected chi connectivity index (χ1v) is 6.68. The number of hydrogen-bond donors (Lipinski definition) is 1. The Bertz CT molecular complexity index is 401. The third-order valence-corrected chi connectivity index (χ3v) is 4.25. The van der Waals surface area contributed by atoms with E-state index in [1.165, 1.54) is 12.0 Å². The molecule has 0 aliphatic carbocycles. The first-order chi connectivity index (χ1) is 8.24. The molecule has 0 atom stereocenters. The molecule has 0 saturated heterocycles. The van der Waals surface area contributed by atoms with Gasteiger partial charge in [0, 0.05) is 24.5 Å². The van der Waals surface area contributed by atoms with Crippen molar-refractivity contribution in [2.24, 2.45) is 10.5 Å².